The number of aryl methyl sites for hydroxylation is 1. The highest BCUT2D eigenvalue weighted by molar-refractivity contribution is 9.09. The summed E-state index contributed by atoms with van der Waals surface area (Å²) in [7, 11) is 0. The SMILES string of the molecule is CC(=O)C(Br)c1ccc(CO)c(C)c1. The normalized spacial score (nSPS) is 12.6. The minimum atomic E-state index is -0.242. The van der Waals surface area contributed by atoms with Crippen LogP contribution in [0.5, 0.6) is 0 Å². The molecule has 0 aliphatic rings. The molecule has 76 valence electrons. The second kappa shape index (κ2) is 4.71. The van der Waals surface area contributed by atoms with Crippen LogP contribution in [-0.2, 0) is 11.4 Å². The number of carbonyl (C=O) groups excluding carboxylic acids is 1. The van der Waals surface area contributed by atoms with E-state index >= 15 is 0 Å². The average Bonchev–Trinajstić information content (AvgIpc) is 2.16. The molecule has 0 fully saturated rings. The van der Waals surface area contributed by atoms with Crippen molar-refractivity contribution in [3.05, 3.63) is 34.9 Å². The highest BCUT2D eigenvalue weighted by atomic mass is 79.9. The van der Waals surface area contributed by atoms with Gasteiger partial charge in [0, 0.05) is 0 Å². The van der Waals surface area contributed by atoms with Crippen molar-refractivity contribution in [2.75, 3.05) is 0 Å². The molecule has 14 heavy (non-hydrogen) atoms. The van der Waals surface area contributed by atoms with Crippen LogP contribution in [0.1, 0.15) is 28.4 Å². The molecule has 0 aliphatic carbocycles. The second-order valence-electron chi connectivity index (χ2n) is 3.32. The van der Waals surface area contributed by atoms with Crippen LogP contribution in [-0.4, -0.2) is 10.9 Å². The Morgan fingerprint density at radius 1 is 1.57 bits per heavy atom. The first kappa shape index (κ1) is 11.4. The Bertz CT molecular complexity index is 347. The molecule has 0 spiro atoms. The number of hydrogen-bond donors (Lipinski definition) is 1. The van der Waals surface area contributed by atoms with Crippen molar-refractivity contribution in [3.8, 4) is 0 Å². The summed E-state index contributed by atoms with van der Waals surface area (Å²) < 4.78 is 0. The summed E-state index contributed by atoms with van der Waals surface area (Å²) >= 11 is 3.32. The summed E-state index contributed by atoms with van der Waals surface area (Å²) in [4.78, 5) is 10.9. The number of aliphatic hydroxyl groups is 1. The zero-order valence-electron chi connectivity index (χ0n) is 8.25. The minimum absolute atomic E-state index is 0.0408. The van der Waals surface area contributed by atoms with Gasteiger partial charge in [0.2, 0.25) is 0 Å². The zero-order valence-corrected chi connectivity index (χ0v) is 9.84. The number of carbonyl (C=O) groups is 1. The Hall–Kier alpha value is -0.670. The lowest BCUT2D eigenvalue weighted by molar-refractivity contribution is -0.116. The van der Waals surface area contributed by atoms with E-state index in [1.807, 2.05) is 25.1 Å². The van der Waals surface area contributed by atoms with E-state index in [9.17, 15) is 4.79 Å². The quantitative estimate of drug-likeness (QED) is 0.845. The van der Waals surface area contributed by atoms with E-state index in [4.69, 9.17) is 5.11 Å². The Morgan fingerprint density at radius 2 is 2.21 bits per heavy atom. The number of alkyl halides is 1. The molecule has 0 aromatic heterocycles. The van der Waals surface area contributed by atoms with Gasteiger partial charge in [-0.3, -0.25) is 4.79 Å². The maximum absolute atomic E-state index is 11.1. The van der Waals surface area contributed by atoms with Gasteiger partial charge in [-0.15, -0.1) is 0 Å². The van der Waals surface area contributed by atoms with Gasteiger partial charge in [-0.1, -0.05) is 34.1 Å². The summed E-state index contributed by atoms with van der Waals surface area (Å²) in [6, 6.07) is 5.63. The summed E-state index contributed by atoms with van der Waals surface area (Å²) in [5.41, 5.74) is 2.85. The Labute approximate surface area is 92.1 Å². The fraction of sp³-hybridized carbons (Fsp3) is 0.364. The van der Waals surface area contributed by atoms with Crippen LogP contribution < -0.4 is 0 Å². The zero-order chi connectivity index (χ0) is 10.7. The van der Waals surface area contributed by atoms with Gasteiger partial charge in [0.1, 0.15) is 5.78 Å². The molecule has 1 aromatic carbocycles. The van der Waals surface area contributed by atoms with E-state index < -0.39 is 0 Å². The van der Waals surface area contributed by atoms with E-state index in [1.165, 1.54) is 0 Å². The predicted molar refractivity (Wildman–Crippen MR) is 59.5 cm³/mol. The van der Waals surface area contributed by atoms with E-state index in [1.54, 1.807) is 6.92 Å². The lowest BCUT2D eigenvalue weighted by atomic mass is 10.0. The van der Waals surface area contributed by atoms with Gasteiger partial charge in [-0.25, -0.2) is 0 Å². The van der Waals surface area contributed by atoms with E-state index in [2.05, 4.69) is 15.9 Å². The van der Waals surface area contributed by atoms with Crippen LogP contribution in [0.3, 0.4) is 0 Å². The van der Waals surface area contributed by atoms with Gasteiger partial charge < -0.3 is 5.11 Å². The van der Waals surface area contributed by atoms with Crippen LogP contribution in [0.25, 0.3) is 0 Å². The van der Waals surface area contributed by atoms with Crippen molar-refractivity contribution in [2.45, 2.75) is 25.3 Å². The lowest BCUT2D eigenvalue weighted by Crippen LogP contribution is -2.02. The van der Waals surface area contributed by atoms with Crippen molar-refractivity contribution in [1.82, 2.24) is 0 Å². The molecule has 1 N–H and O–H groups in total. The molecule has 0 saturated carbocycles. The van der Waals surface area contributed by atoms with Crippen molar-refractivity contribution >= 4 is 21.7 Å². The largest absolute Gasteiger partial charge is 0.392 e. The van der Waals surface area contributed by atoms with Gasteiger partial charge in [0.25, 0.3) is 0 Å². The molecule has 2 nitrogen and oxygen atoms in total. The van der Waals surface area contributed by atoms with Gasteiger partial charge in [-0.05, 0) is 30.5 Å². The molecule has 1 rings (SSSR count). The van der Waals surface area contributed by atoms with Crippen LogP contribution in [0.2, 0.25) is 0 Å². The molecule has 1 atom stereocenters. The second-order valence-corrected chi connectivity index (χ2v) is 4.23. The molecule has 0 bridgehead atoms. The van der Waals surface area contributed by atoms with Crippen LogP contribution >= 0.6 is 15.9 Å². The number of rotatable bonds is 3. The summed E-state index contributed by atoms with van der Waals surface area (Å²) in [5, 5.41) is 8.98. The number of hydrogen-bond acceptors (Lipinski definition) is 2. The third kappa shape index (κ3) is 2.42. The van der Waals surface area contributed by atoms with Crippen molar-refractivity contribution in [1.29, 1.82) is 0 Å². The topological polar surface area (TPSA) is 37.3 Å². The highest BCUT2D eigenvalue weighted by Gasteiger charge is 2.12. The molecule has 3 heteroatoms. The average molecular weight is 257 g/mol. The molecular formula is C11H13BrO2. The van der Waals surface area contributed by atoms with Gasteiger partial charge in [0.05, 0.1) is 11.4 Å². The fourth-order valence-corrected chi connectivity index (χ4v) is 1.57. The standard InChI is InChI=1S/C11H13BrO2/c1-7-5-9(11(12)8(2)14)3-4-10(7)6-13/h3-5,11,13H,6H2,1-2H3. The lowest BCUT2D eigenvalue weighted by Gasteiger charge is -2.09. The molecule has 0 aliphatic heterocycles. The minimum Gasteiger partial charge on any atom is -0.392 e. The van der Waals surface area contributed by atoms with E-state index in [0.717, 1.165) is 16.7 Å². The van der Waals surface area contributed by atoms with Crippen molar-refractivity contribution in [3.63, 3.8) is 0 Å². The predicted octanol–water partition coefficient (Wildman–Crippen LogP) is 2.51. The van der Waals surface area contributed by atoms with Crippen LogP contribution in [0.15, 0.2) is 18.2 Å². The van der Waals surface area contributed by atoms with Gasteiger partial charge in [-0.2, -0.15) is 0 Å². The molecule has 0 saturated heterocycles. The highest BCUT2D eigenvalue weighted by Crippen LogP contribution is 2.25. The number of benzene rings is 1. The Kier molecular flexibility index (Phi) is 3.84. The monoisotopic (exact) mass is 256 g/mol. The number of Topliss-reactive ketones (excluding diaryl/α,β-unsaturated/α-hetero) is 1. The Balaban J connectivity index is 3.02. The summed E-state index contributed by atoms with van der Waals surface area (Å²) in [5.74, 6) is 0.0844. The molecule has 0 amide bonds. The van der Waals surface area contributed by atoms with Crippen molar-refractivity contribution in [2.24, 2.45) is 0 Å². The van der Waals surface area contributed by atoms with Gasteiger partial charge >= 0.3 is 0 Å². The third-order valence-electron chi connectivity index (χ3n) is 2.19. The fourth-order valence-electron chi connectivity index (χ4n) is 1.29. The van der Waals surface area contributed by atoms with Crippen LogP contribution in [0.4, 0.5) is 0 Å². The Morgan fingerprint density at radius 3 is 2.64 bits per heavy atom. The maximum Gasteiger partial charge on any atom is 0.147 e. The molecule has 1 aromatic rings. The third-order valence-corrected chi connectivity index (χ3v) is 3.36. The van der Waals surface area contributed by atoms with E-state index in [-0.39, 0.29) is 17.2 Å². The number of ketones is 1. The molecule has 0 radical (unpaired) electrons. The molecular weight excluding hydrogens is 244 g/mol. The molecule has 0 heterocycles. The van der Waals surface area contributed by atoms with Crippen molar-refractivity contribution < 1.29 is 9.90 Å². The number of aliphatic hydroxyl groups excluding tert-OH is 1. The first-order valence-corrected chi connectivity index (χ1v) is 5.32. The van der Waals surface area contributed by atoms with E-state index in [0.29, 0.717) is 0 Å². The summed E-state index contributed by atoms with van der Waals surface area (Å²) in [6.07, 6.45) is 0. The summed E-state index contributed by atoms with van der Waals surface area (Å²) in [6.45, 7) is 3.52. The molecule has 1 unspecified atom stereocenters. The maximum atomic E-state index is 11.1. The first-order chi connectivity index (χ1) is 6.56. The van der Waals surface area contributed by atoms with Crippen LogP contribution in [0, 0.1) is 6.92 Å². The van der Waals surface area contributed by atoms with Gasteiger partial charge in [0.15, 0.2) is 0 Å². The first-order valence-electron chi connectivity index (χ1n) is 4.41. The smallest absolute Gasteiger partial charge is 0.147 e. The number of halogens is 1.